The molecule has 4 N–H and O–H groups in total. The Kier molecular flexibility index (Phi) is 4.50. The fraction of sp³-hybridized carbons (Fsp3) is 0.133. The molecule has 0 aliphatic heterocycles. The molecule has 0 fully saturated rings. The number of amides is 2. The Bertz CT molecular complexity index is 656. The molecule has 0 radical (unpaired) electrons. The molecule has 0 spiro atoms. The first kappa shape index (κ1) is 14.5. The number of nitrogens with zero attached hydrogens (tertiary/aromatic N) is 1. The van der Waals surface area contributed by atoms with E-state index >= 15 is 0 Å². The third-order valence-corrected chi connectivity index (χ3v) is 2.84. The van der Waals surface area contributed by atoms with Crippen molar-refractivity contribution >= 4 is 23.2 Å². The lowest BCUT2D eigenvalue weighted by molar-refractivity contribution is -0.136. The summed E-state index contributed by atoms with van der Waals surface area (Å²) in [5, 5.41) is 5.00. The summed E-state index contributed by atoms with van der Waals surface area (Å²) in [4.78, 5) is 27.4. The fourth-order valence-corrected chi connectivity index (χ4v) is 1.74. The standard InChI is InChI=1S/C15H16N4O2/c1-10-4-5-13(12(16)7-10)19-15(21)14(20)18-9-11-3-2-6-17-8-11/h2-8H,9,16H2,1H3,(H,18,20)(H,19,21). The average Bonchev–Trinajstić information content (AvgIpc) is 2.48. The van der Waals surface area contributed by atoms with Gasteiger partial charge in [-0.15, -0.1) is 0 Å². The minimum Gasteiger partial charge on any atom is -0.397 e. The Hall–Kier alpha value is -2.89. The van der Waals surface area contributed by atoms with Crippen LogP contribution in [0, 0.1) is 6.92 Å². The molecule has 0 saturated heterocycles. The van der Waals surface area contributed by atoms with Crippen LogP contribution in [0.3, 0.4) is 0 Å². The predicted molar refractivity (Wildman–Crippen MR) is 80.3 cm³/mol. The Morgan fingerprint density at radius 1 is 1.24 bits per heavy atom. The summed E-state index contributed by atoms with van der Waals surface area (Å²) in [6.45, 7) is 2.13. The highest BCUT2D eigenvalue weighted by Gasteiger charge is 2.14. The Morgan fingerprint density at radius 3 is 2.71 bits per heavy atom. The van der Waals surface area contributed by atoms with E-state index in [4.69, 9.17) is 5.73 Å². The number of nitrogens with two attached hydrogens (primary N) is 1. The van der Waals surface area contributed by atoms with Gasteiger partial charge in [0, 0.05) is 18.9 Å². The van der Waals surface area contributed by atoms with Gasteiger partial charge in [0.25, 0.3) is 0 Å². The van der Waals surface area contributed by atoms with Gasteiger partial charge in [-0.3, -0.25) is 14.6 Å². The minimum absolute atomic E-state index is 0.240. The molecule has 2 amide bonds. The van der Waals surface area contributed by atoms with Crippen molar-refractivity contribution in [2.24, 2.45) is 0 Å². The summed E-state index contributed by atoms with van der Waals surface area (Å²) in [5.41, 5.74) is 8.41. The highest BCUT2D eigenvalue weighted by Crippen LogP contribution is 2.19. The van der Waals surface area contributed by atoms with Crippen LogP contribution in [0.1, 0.15) is 11.1 Å². The maximum atomic E-state index is 11.8. The van der Waals surface area contributed by atoms with Crippen molar-refractivity contribution in [3.05, 3.63) is 53.9 Å². The second-order valence-electron chi connectivity index (χ2n) is 4.59. The van der Waals surface area contributed by atoms with E-state index in [9.17, 15) is 9.59 Å². The second-order valence-corrected chi connectivity index (χ2v) is 4.59. The van der Waals surface area contributed by atoms with Crippen LogP contribution in [0.25, 0.3) is 0 Å². The number of aromatic nitrogens is 1. The maximum absolute atomic E-state index is 11.8. The van der Waals surface area contributed by atoms with Crippen LogP contribution in [0.15, 0.2) is 42.7 Å². The molecule has 1 aromatic heterocycles. The predicted octanol–water partition coefficient (Wildman–Crippen LogP) is 1.23. The van der Waals surface area contributed by atoms with Crippen LogP contribution in [0.2, 0.25) is 0 Å². The van der Waals surface area contributed by atoms with Crippen molar-refractivity contribution in [3.63, 3.8) is 0 Å². The van der Waals surface area contributed by atoms with Gasteiger partial charge >= 0.3 is 11.8 Å². The van der Waals surface area contributed by atoms with E-state index < -0.39 is 11.8 Å². The Balaban J connectivity index is 1.92. The molecule has 1 aromatic carbocycles. The molecule has 21 heavy (non-hydrogen) atoms. The Labute approximate surface area is 122 Å². The molecule has 0 saturated carbocycles. The highest BCUT2D eigenvalue weighted by molar-refractivity contribution is 6.39. The number of nitrogens with one attached hydrogen (secondary N) is 2. The van der Waals surface area contributed by atoms with Crippen LogP contribution < -0.4 is 16.4 Å². The topological polar surface area (TPSA) is 97.1 Å². The number of carbonyl (C=O) groups is 2. The van der Waals surface area contributed by atoms with Crippen molar-refractivity contribution in [1.29, 1.82) is 0 Å². The first-order valence-corrected chi connectivity index (χ1v) is 6.40. The normalized spacial score (nSPS) is 9.95. The van der Waals surface area contributed by atoms with Crippen LogP contribution >= 0.6 is 0 Å². The number of aryl methyl sites for hydroxylation is 1. The molecule has 6 heteroatoms. The van der Waals surface area contributed by atoms with Crippen LogP contribution in [0.4, 0.5) is 11.4 Å². The van der Waals surface area contributed by atoms with Gasteiger partial charge in [-0.2, -0.15) is 0 Å². The van der Waals surface area contributed by atoms with E-state index in [1.807, 2.05) is 13.0 Å². The van der Waals surface area contributed by atoms with Crippen LogP contribution in [-0.4, -0.2) is 16.8 Å². The molecular weight excluding hydrogens is 268 g/mol. The molecule has 0 aliphatic carbocycles. The molecule has 0 atom stereocenters. The van der Waals surface area contributed by atoms with E-state index in [-0.39, 0.29) is 6.54 Å². The number of anilines is 2. The SMILES string of the molecule is Cc1ccc(NC(=O)C(=O)NCc2cccnc2)c(N)c1. The lowest BCUT2D eigenvalue weighted by Crippen LogP contribution is -2.35. The van der Waals surface area contributed by atoms with E-state index in [1.165, 1.54) is 0 Å². The van der Waals surface area contributed by atoms with Gasteiger partial charge < -0.3 is 16.4 Å². The monoisotopic (exact) mass is 284 g/mol. The summed E-state index contributed by atoms with van der Waals surface area (Å²) in [6, 6.07) is 8.76. The number of hydrogen-bond acceptors (Lipinski definition) is 4. The average molecular weight is 284 g/mol. The quantitative estimate of drug-likeness (QED) is 0.583. The molecule has 1 heterocycles. The van der Waals surface area contributed by atoms with E-state index in [1.54, 1.807) is 36.7 Å². The van der Waals surface area contributed by atoms with Crippen molar-refractivity contribution in [2.45, 2.75) is 13.5 Å². The van der Waals surface area contributed by atoms with Gasteiger partial charge in [0.05, 0.1) is 11.4 Å². The molecule has 108 valence electrons. The third-order valence-electron chi connectivity index (χ3n) is 2.84. The summed E-state index contributed by atoms with van der Waals surface area (Å²) < 4.78 is 0. The summed E-state index contributed by atoms with van der Waals surface area (Å²) in [5.74, 6) is -1.48. The van der Waals surface area contributed by atoms with Gasteiger partial charge in [-0.1, -0.05) is 12.1 Å². The number of carbonyl (C=O) groups excluding carboxylic acids is 2. The molecule has 2 rings (SSSR count). The number of rotatable bonds is 3. The number of hydrogen-bond donors (Lipinski definition) is 3. The van der Waals surface area contributed by atoms with Gasteiger partial charge in [0.1, 0.15) is 0 Å². The summed E-state index contributed by atoms with van der Waals surface area (Å²) >= 11 is 0. The van der Waals surface area contributed by atoms with Gasteiger partial charge in [0.2, 0.25) is 0 Å². The first-order chi connectivity index (χ1) is 10.1. The van der Waals surface area contributed by atoms with Crippen molar-refractivity contribution in [3.8, 4) is 0 Å². The summed E-state index contributed by atoms with van der Waals surface area (Å²) in [6.07, 6.45) is 3.26. The lowest BCUT2D eigenvalue weighted by Gasteiger charge is -2.09. The van der Waals surface area contributed by atoms with Crippen molar-refractivity contribution in [1.82, 2.24) is 10.3 Å². The third kappa shape index (κ3) is 4.04. The zero-order valence-electron chi connectivity index (χ0n) is 11.6. The smallest absolute Gasteiger partial charge is 0.313 e. The first-order valence-electron chi connectivity index (χ1n) is 6.40. The highest BCUT2D eigenvalue weighted by atomic mass is 16.2. The number of nitrogen functional groups attached to an aromatic ring is 1. The lowest BCUT2D eigenvalue weighted by atomic mass is 10.2. The zero-order valence-corrected chi connectivity index (χ0v) is 11.6. The van der Waals surface area contributed by atoms with Crippen molar-refractivity contribution in [2.75, 3.05) is 11.1 Å². The second kappa shape index (κ2) is 6.51. The Morgan fingerprint density at radius 2 is 2.05 bits per heavy atom. The molecule has 0 unspecified atom stereocenters. The summed E-state index contributed by atoms with van der Waals surface area (Å²) in [7, 11) is 0. The van der Waals surface area contributed by atoms with Crippen LogP contribution in [-0.2, 0) is 16.1 Å². The molecule has 6 nitrogen and oxygen atoms in total. The van der Waals surface area contributed by atoms with Gasteiger partial charge in [0.15, 0.2) is 0 Å². The van der Waals surface area contributed by atoms with Crippen LogP contribution in [0.5, 0.6) is 0 Å². The fourth-order valence-electron chi connectivity index (χ4n) is 1.74. The molecule has 0 aliphatic rings. The molecule has 2 aromatic rings. The van der Waals surface area contributed by atoms with E-state index in [0.29, 0.717) is 11.4 Å². The minimum atomic E-state index is -0.755. The number of pyridine rings is 1. The van der Waals surface area contributed by atoms with Crippen molar-refractivity contribution < 1.29 is 9.59 Å². The zero-order chi connectivity index (χ0) is 15.2. The molecular formula is C15H16N4O2. The largest absolute Gasteiger partial charge is 0.397 e. The molecule has 0 bridgehead atoms. The number of benzene rings is 1. The maximum Gasteiger partial charge on any atom is 0.313 e. The van der Waals surface area contributed by atoms with Gasteiger partial charge in [-0.25, -0.2) is 0 Å². The van der Waals surface area contributed by atoms with E-state index in [0.717, 1.165) is 11.1 Å². The van der Waals surface area contributed by atoms with Gasteiger partial charge in [-0.05, 0) is 36.2 Å². The van der Waals surface area contributed by atoms with E-state index in [2.05, 4.69) is 15.6 Å².